The highest BCUT2D eigenvalue weighted by molar-refractivity contribution is 6.30. The van der Waals surface area contributed by atoms with Crippen molar-refractivity contribution in [2.24, 2.45) is 0 Å². The first kappa shape index (κ1) is 22.6. The van der Waals surface area contributed by atoms with E-state index in [9.17, 15) is 28.1 Å². The quantitative estimate of drug-likeness (QED) is 0.342. The smallest absolute Gasteiger partial charge is 0.406 e. The van der Waals surface area contributed by atoms with Crippen LogP contribution in [0.5, 0.6) is 5.75 Å². The molecule has 0 aliphatic rings. The van der Waals surface area contributed by atoms with Gasteiger partial charge in [-0.3, -0.25) is 25.8 Å². The standard InChI is InChI=1S/C18H12ClF3N6O4/c19-11-3-1-10(2-4-11)17(29)27-26-16-14(28(30)31)15(23-9-24-16)25-12-5-7-13(8-6-12)32-18(20,21)22/h1-9H,(H,27,29)(H2,23,24,25,26). The van der Waals surface area contributed by atoms with Crippen molar-refractivity contribution >= 4 is 40.5 Å². The molecule has 0 aliphatic heterocycles. The molecule has 0 saturated carbocycles. The largest absolute Gasteiger partial charge is 0.573 e. The lowest BCUT2D eigenvalue weighted by molar-refractivity contribution is -0.383. The number of hydrazine groups is 1. The summed E-state index contributed by atoms with van der Waals surface area (Å²) in [4.78, 5) is 30.5. The van der Waals surface area contributed by atoms with Crippen LogP contribution in [0.4, 0.5) is 36.2 Å². The van der Waals surface area contributed by atoms with Crippen molar-refractivity contribution < 1.29 is 27.6 Å². The second-order valence-corrected chi connectivity index (χ2v) is 6.40. The minimum absolute atomic E-state index is 0.192. The summed E-state index contributed by atoms with van der Waals surface area (Å²) in [5.41, 5.74) is 4.45. The van der Waals surface area contributed by atoms with E-state index in [-0.39, 0.29) is 22.9 Å². The Kier molecular flexibility index (Phi) is 6.59. The molecule has 0 radical (unpaired) electrons. The van der Waals surface area contributed by atoms with Crippen LogP contribution in [-0.2, 0) is 0 Å². The normalized spacial score (nSPS) is 10.9. The van der Waals surface area contributed by atoms with Crippen molar-refractivity contribution in [2.45, 2.75) is 6.36 Å². The number of ether oxygens (including phenoxy) is 1. The number of rotatable bonds is 7. The zero-order valence-electron chi connectivity index (χ0n) is 15.7. The molecular weight excluding hydrogens is 457 g/mol. The first-order chi connectivity index (χ1) is 15.1. The fraction of sp³-hybridized carbons (Fsp3) is 0.0556. The van der Waals surface area contributed by atoms with E-state index in [2.05, 4.69) is 30.9 Å². The second kappa shape index (κ2) is 9.34. The van der Waals surface area contributed by atoms with Gasteiger partial charge in [0.25, 0.3) is 5.91 Å². The van der Waals surface area contributed by atoms with Gasteiger partial charge in [-0.25, -0.2) is 9.97 Å². The number of anilines is 3. The van der Waals surface area contributed by atoms with Crippen molar-refractivity contribution in [1.82, 2.24) is 15.4 Å². The molecule has 0 fully saturated rings. The molecule has 0 unspecified atom stereocenters. The first-order valence-electron chi connectivity index (χ1n) is 8.56. The first-order valence-corrected chi connectivity index (χ1v) is 8.94. The number of nitrogens with one attached hydrogen (secondary N) is 3. The number of carbonyl (C=O) groups excluding carboxylic acids is 1. The number of alkyl halides is 3. The van der Waals surface area contributed by atoms with Crippen LogP contribution in [0.1, 0.15) is 10.4 Å². The number of halogens is 4. The zero-order valence-corrected chi connectivity index (χ0v) is 16.4. The zero-order chi connectivity index (χ0) is 23.3. The summed E-state index contributed by atoms with van der Waals surface area (Å²) in [5.74, 6) is -1.67. The summed E-state index contributed by atoms with van der Waals surface area (Å²) in [6, 6.07) is 10.4. The van der Waals surface area contributed by atoms with Crippen LogP contribution >= 0.6 is 11.6 Å². The number of hydrogen-bond donors (Lipinski definition) is 3. The highest BCUT2D eigenvalue weighted by Crippen LogP contribution is 2.31. The Morgan fingerprint density at radius 1 is 1.03 bits per heavy atom. The SMILES string of the molecule is O=C(NNc1ncnc(Nc2ccc(OC(F)(F)F)cc2)c1[N+](=O)[O-])c1ccc(Cl)cc1. The Morgan fingerprint density at radius 2 is 1.66 bits per heavy atom. The molecule has 2 aromatic carbocycles. The highest BCUT2D eigenvalue weighted by Gasteiger charge is 2.31. The minimum Gasteiger partial charge on any atom is -0.406 e. The second-order valence-electron chi connectivity index (χ2n) is 5.96. The van der Waals surface area contributed by atoms with E-state index in [1.54, 1.807) is 0 Å². The molecule has 10 nitrogen and oxygen atoms in total. The Morgan fingerprint density at radius 3 is 2.25 bits per heavy atom. The Balaban J connectivity index is 1.76. The number of hydrogen-bond acceptors (Lipinski definition) is 8. The molecule has 3 N–H and O–H groups in total. The Bertz CT molecular complexity index is 1130. The molecule has 0 saturated heterocycles. The molecule has 1 heterocycles. The van der Waals surface area contributed by atoms with Gasteiger partial charge >= 0.3 is 12.0 Å². The highest BCUT2D eigenvalue weighted by atomic mass is 35.5. The molecule has 3 aromatic rings. The summed E-state index contributed by atoms with van der Waals surface area (Å²) >= 11 is 5.76. The van der Waals surface area contributed by atoms with Crippen LogP contribution in [0, 0.1) is 10.1 Å². The van der Waals surface area contributed by atoms with E-state index in [0.29, 0.717) is 5.02 Å². The fourth-order valence-corrected chi connectivity index (χ4v) is 2.53. The van der Waals surface area contributed by atoms with Crippen molar-refractivity contribution in [3.8, 4) is 5.75 Å². The number of aromatic nitrogens is 2. The van der Waals surface area contributed by atoms with E-state index in [1.165, 1.54) is 36.4 Å². The van der Waals surface area contributed by atoms with E-state index in [0.717, 1.165) is 18.5 Å². The maximum atomic E-state index is 12.3. The maximum Gasteiger partial charge on any atom is 0.573 e. The molecule has 166 valence electrons. The summed E-state index contributed by atoms with van der Waals surface area (Å²) in [5, 5.41) is 14.6. The number of carbonyl (C=O) groups is 1. The Hall–Kier alpha value is -4.13. The van der Waals surface area contributed by atoms with Gasteiger partial charge < -0.3 is 10.1 Å². The fourth-order valence-electron chi connectivity index (χ4n) is 2.40. The number of nitrogens with zero attached hydrogens (tertiary/aromatic N) is 3. The lowest BCUT2D eigenvalue weighted by Gasteiger charge is -2.12. The predicted octanol–water partition coefficient (Wildman–Crippen LogP) is 4.44. The van der Waals surface area contributed by atoms with Crippen LogP contribution in [0.15, 0.2) is 54.9 Å². The molecular formula is C18H12ClF3N6O4. The van der Waals surface area contributed by atoms with E-state index < -0.39 is 28.6 Å². The predicted molar refractivity (Wildman–Crippen MR) is 108 cm³/mol. The molecule has 1 aromatic heterocycles. The van der Waals surface area contributed by atoms with Crippen LogP contribution in [0.25, 0.3) is 0 Å². The van der Waals surface area contributed by atoms with Gasteiger partial charge in [-0.05, 0) is 48.5 Å². The monoisotopic (exact) mass is 468 g/mol. The third-order valence-corrected chi connectivity index (χ3v) is 4.01. The molecule has 1 amide bonds. The number of amides is 1. The minimum atomic E-state index is -4.85. The van der Waals surface area contributed by atoms with Crippen LogP contribution in [-0.4, -0.2) is 27.2 Å². The Labute approximate surface area is 182 Å². The molecule has 0 aliphatic carbocycles. The third kappa shape index (κ3) is 5.95. The van der Waals surface area contributed by atoms with E-state index >= 15 is 0 Å². The third-order valence-electron chi connectivity index (χ3n) is 3.76. The van der Waals surface area contributed by atoms with Crippen LogP contribution < -0.4 is 20.9 Å². The van der Waals surface area contributed by atoms with Gasteiger partial charge in [0.2, 0.25) is 11.6 Å². The van der Waals surface area contributed by atoms with E-state index in [4.69, 9.17) is 11.6 Å². The van der Waals surface area contributed by atoms with E-state index in [1.807, 2.05) is 0 Å². The lowest BCUT2D eigenvalue weighted by atomic mass is 10.2. The van der Waals surface area contributed by atoms with Crippen molar-refractivity contribution in [1.29, 1.82) is 0 Å². The maximum absolute atomic E-state index is 12.3. The van der Waals surface area contributed by atoms with Gasteiger partial charge in [-0.1, -0.05) is 11.6 Å². The van der Waals surface area contributed by atoms with Crippen molar-refractivity contribution in [2.75, 3.05) is 10.7 Å². The molecule has 14 heteroatoms. The summed E-state index contributed by atoms with van der Waals surface area (Å²) in [7, 11) is 0. The van der Waals surface area contributed by atoms with Crippen LogP contribution in [0.2, 0.25) is 5.02 Å². The number of nitro groups is 1. The molecule has 0 atom stereocenters. The molecule has 0 spiro atoms. The molecule has 32 heavy (non-hydrogen) atoms. The van der Waals surface area contributed by atoms with Gasteiger partial charge in [0.15, 0.2) is 0 Å². The summed E-state index contributed by atoms with van der Waals surface area (Å²) in [6.07, 6.45) is -3.86. The van der Waals surface area contributed by atoms with Crippen LogP contribution in [0.3, 0.4) is 0 Å². The molecule has 0 bridgehead atoms. The number of benzene rings is 2. The van der Waals surface area contributed by atoms with Gasteiger partial charge in [0.1, 0.15) is 12.1 Å². The van der Waals surface area contributed by atoms with Gasteiger partial charge in [0, 0.05) is 16.3 Å². The van der Waals surface area contributed by atoms with Gasteiger partial charge in [-0.2, -0.15) is 0 Å². The van der Waals surface area contributed by atoms with Crippen molar-refractivity contribution in [3.05, 3.63) is 75.6 Å². The average molecular weight is 469 g/mol. The van der Waals surface area contributed by atoms with Crippen molar-refractivity contribution in [3.63, 3.8) is 0 Å². The average Bonchev–Trinajstić information content (AvgIpc) is 2.72. The topological polar surface area (TPSA) is 131 Å². The van der Waals surface area contributed by atoms with Gasteiger partial charge in [0.05, 0.1) is 4.92 Å². The summed E-state index contributed by atoms with van der Waals surface area (Å²) in [6.45, 7) is 0. The summed E-state index contributed by atoms with van der Waals surface area (Å²) < 4.78 is 40.5. The lowest BCUT2D eigenvalue weighted by Crippen LogP contribution is -2.30. The van der Waals surface area contributed by atoms with Gasteiger partial charge in [-0.15, -0.1) is 13.2 Å². The molecule has 3 rings (SSSR count).